The first-order chi connectivity index (χ1) is 6.82. The maximum Gasteiger partial charge on any atom is 0.170 e. The molecule has 0 atom stereocenters. The molecule has 88 valence electrons. The van der Waals surface area contributed by atoms with Gasteiger partial charge in [0, 0.05) is 0 Å². The van der Waals surface area contributed by atoms with Crippen LogP contribution in [0.2, 0.25) is 12.6 Å². The lowest BCUT2D eigenvalue weighted by atomic mass is 9.37. The summed E-state index contributed by atoms with van der Waals surface area (Å²) in [6.07, 6.45) is 3.82. The van der Waals surface area contributed by atoms with Crippen molar-refractivity contribution in [2.75, 3.05) is 0 Å². The van der Waals surface area contributed by atoms with E-state index in [2.05, 4.69) is 48.1 Å². The van der Waals surface area contributed by atoms with Crippen molar-refractivity contribution < 1.29 is 0 Å². The van der Waals surface area contributed by atoms with Crippen molar-refractivity contribution in [3.63, 3.8) is 0 Å². The highest BCUT2D eigenvalue weighted by Crippen LogP contribution is 2.23. The first kappa shape index (κ1) is 14.8. The molecular formula is C14H29B. The average molecular weight is 208 g/mol. The van der Waals surface area contributed by atoms with Crippen molar-refractivity contribution in [1.29, 1.82) is 0 Å². The first-order valence-electron chi connectivity index (χ1n) is 6.50. The molecule has 0 nitrogen and oxygen atoms in total. The van der Waals surface area contributed by atoms with Crippen molar-refractivity contribution in [3.05, 3.63) is 12.1 Å². The van der Waals surface area contributed by atoms with Gasteiger partial charge in [0.2, 0.25) is 0 Å². The Kier molecular flexibility index (Phi) is 7.05. The van der Waals surface area contributed by atoms with Gasteiger partial charge in [-0.3, -0.25) is 0 Å². The van der Waals surface area contributed by atoms with Crippen molar-refractivity contribution in [2.45, 2.75) is 60.6 Å². The highest BCUT2D eigenvalue weighted by molar-refractivity contribution is 6.66. The van der Waals surface area contributed by atoms with E-state index in [0.717, 1.165) is 24.5 Å². The smallest absolute Gasteiger partial charge is 0.108 e. The topological polar surface area (TPSA) is 0 Å². The Labute approximate surface area is 97.6 Å². The Bertz CT molecular complexity index is 170. The fourth-order valence-corrected chi connectivity index (χ4v) is 2.26. The van der Waals surface area contributed by atoms with Crippen LogP contribution in [0.3, 0.4) is 0 Å². The van der Waals surface area contributed by atoms with Gasteiger partial charge in [0.1, 0.15) is 0 Å². The van der Waals surface area contributed by atoms with E-state index in [1.54, 1.807) is 0 Å². The normalized spacial score (nSPS) is 11.5. The van der Waals surface area contributed by atoms with Crippen LogP contribution in [-0.4, -0.2) is 6.71 Å². The number of rotatable bonds is 7. The van der Waals surface area contributed by atoms with Gasteiger partial charge in [0.25, 0.3) is 0 Å². The maximum absolute atomic E-state index is 4.30. The predicted molar refractivity (Wildman–Crippen MR) is 73.6 cm³/mol. The Balaban J connectivity index is 4.27. The Hall–Kier alpha value is -0.195. The van der Waals surface area contributed by atoms with Gasteiger partial charge in [-0.15, -0.1) is 12.1 Å². The van der Waals surface area contributed by atoms with Crippen LogP contribution in [0, 0.1) is 17.8 Å². The van der Waals surface area contributed by atoms with Gasteiger partial charge in [0.15, 0.2) is 6.71 Å². The summed E-state index contributed by atoms with van der Waals surface area (Å²) in [4.78, 5) is 0. The summed E-state index contributed by atoms with van der Waals surface area (Å²) in [7, 11) is 0. The van der Waals surface area contributed by atoms with Gasteiger partial charge in [-0.1, -0.05) is 66.0 Å². The Morgan fingerprint density at radius 2 is 1.27 bits per heavy atom. The van der Waals surface area contributed by atoms with Crippen LogP contribution in [0.25, 0.3) is 0 Å². The van der Waals surface area contributed by atoms with Gasteiger partial charge in [-0.05, 0) is 12.3 Å². The van der Waals surface area contributed by atoms with Gasteiger partial charge >= 0.3 is 0 Å². The second-order valence-corrected chi connectivity index (χ2v) is 6.21. The van der Waals surface area contributed by atoms with Crippen molar-refractivity contribution >= 4 is 6.71 Å². The molecule has 0 fully saturated rings. The van der Waals surface area contributed by atoms with E-state index in [9.17, 15) is 0 Å². The van der Waals surface area contributed by atoms with Crippen LogP contribution in [0.5, 0.6) is 0 Å². The lowest BCUT2D eigenvalue weighted by Crippen LogP contribution is -2.21. The van der Waals surface area contributed by atoms with Crippen LogP contribution in [0.4, 0.5) is 0 Å². The van der Waals surface area contributed by atoms with Gasteiger partial charge in [0.05, 0.1) is 0 Å². The summed E-state index contributed by atoms with van der Waals surface area (Å²) in [6, 6.07) is 0. The van der Waals surface area contributed by atoms with Crippen molar-refractivity contribution in [2.24, 2.45) is 17.8 Å². The fourth-order valence-electron chi connectivity index (χ4n) is 2.26. The molecule has 1 heteroatoms. The molecule has 0 unspecified atom stereocenters. The van der Waals surface area contributed by atoms with Crippen LogP contribution in [-0.2, 0) is 0 Å². The number of allylic oxidation sites excluding steroid dienone is 1. The van der Waals surface area contributed by atoms with Gasteiger partial charge < -0.3 is 0 Å². The minimum absolute atomic E-state index is 0.743. The minimum Gasteiger partial charge on any atom is -0.108 e. The molecule has 0 aromatic carbocycles. The monoisotopic (exact) mass is 208 g/mol. The van der Waals surface area contributed by atoms with Crippen LogP contribution >= 0.6 is 0 Å². The summed E-state index contributed by atoms with van der Waals surface area (Å²) in [5, 5.41) is 0. The predicted octanol–water partition coefficient (Wildman–Crippen LogP) is 4.93. The highest BCUT2D eigenvalue weighted by atomic mass is 14.0. The molecule has 0 aromatic heterocycles. The summed E-state index contributed by atoms with van der Waals surface area (Å²) < 4.78 is 0. The molecule has 0 amide bonds. The summed E-state index contributed by atoms with van der Waals surface area (Å²) >= 11 is 0. The van der Waals surface area contributed by atoms with Crippen molar-refractivity contribution in [3.8, 4) is 0 Å². The first-order valence-corrected chi connectivity index (χ1v) is 6.50. The van der Waals surface area contributed by atoms with E-state index in [0.29, 0.717) is 0 Å². The molecule has 0 rings (SSSR count). The molecule has 0 bridgehead atoms. The van der Waals surface area contributed by atoms with Gasteiger partial charge in [-0.25, -0.2) is 0 Å². The summed E-state index contributed by atoms with van der Waals surface area (Å²) in [6.45, 7) is 18.9. The van der Waals surface area contributed by atoms with Crippen molar-refractivity contribution in [1.82, 2.24) is 0 Å². The largest absolute Gasteiger partial charge is 0.170 e. The van der Waals surface area contributed by atoms with Gasteiger partial charge in [-0.2, -0.15) is 0 Å². The molecule has 0 saturated heterocycles. The number of hydrogen-bond donors (Lipinski definition) is 0. The molecule has 0 radical (unpaired) electrons. The third-order valence-electron chi connectivity index (χ3n) is 2.76. The zero-order chi connectivity index (χ0) is 12.0. The molecule has 0 aromatic rings. The maximum atomic E-state index is 4.30. The zero-order valence-corrected chi connectivity index (χ0v) is 11.6. The third-order valence-corrected chi connectivity index (χ3v) is 2.76. The molecule has 0 aliphatic heterocycles. The van der Waals surface area contributed by atoms with E-state index < -0.39 is 0 Å². The molecule has 0 spiro atoms. The van der Waals surface area contributed by atoms with Crippen LogP contribution < -0.4 is 0 Å². The van der Waals surface area contributed by atoms with Crippen LogP contribution in [0.1, 0.15) is 48.0 Å². The fraction of sp³-hybridized carbons (Fsp3) is 0.857. The van der Waals surface area contributed by atoms with E-state index in [4.69, 9.17) is 0 Å². The van der Waals surface area contributed by atoms with E-state index >= 15 is 0 Å². The quantitative estimate of drug-likeness (QED) is 0.520. The molecule has 0 N–H and O–H groups in total. The van der Waals surface area contributed by atoms with E-state index in [1.807, 2.05) is 0 Å². The molecule has 0 saturated carbocycles. The zero-order valence-electron chi connectivity index (χ0n) is 11.6. The molecule has 15 heavy (non-hydrogen) atoms. The standard InChI is InChI=1S/C14H29B/c1-11(2)8-14(7)15(9-12(3)4)10-13(5)6/h11-13H,7-10H2,1-6H3. The lowest BCUT2D eigenvalue weighted by Gasteiger charge is -2.21. The molecule has 0 aliphatic carbocycles. The van der Waals surface area contributed by atoms with E-state index in [1.165, 1.54) is 24.5 Å². The third kappa shape index (κ3) is 7.70. The van der Waals surface area contributed by atoms with E-state index in [-0.39, 0.29) is 0 Å². The minimum atomic E-state index is 0.743. The SMILES string of the molecule is C=C(CC(C)C)B(CC(C)C)CC(C)C. The average Bonchev–Trinajstić information content (AvgIpc) is 1.99. The van der Waals surface area contributed by atoms with Crippen LogP contribution in [0.15, 0.2) is 12.1 Å². The second-order valence-electron chi connectivity index (χ2n) is 6.21. The summed E-state index contributed by atoms with van der Waals surface area (Å²) in [5.41, 5.74) is 1.48. The Morgan fingerprint density at radius 3 is 1.53 bits per heavy atom. The second kappa shape index (κ2) is 7.14. The molecule has 0 aliphatic rings. The summed E-state index contributed by atoms with van der Waals surface area (Å²) in [5.74, 6) is 2.33. The highest BCUT2D eigenvalue weighted by Gasteiger charge is 2.20. The lowest BCUT2D eigenvalue weighted by molar-refractivity contribution is 0.645. The number of hydrogen-bond acceptors (Lipinski definition) is 0. The molecular weight excluding hydrogens is 179 g/mol. The molecule has 0 heterocycles. The Morgan fingerprint density at radius 1 is 0.867 bits per heavy atom.